The minimum Gasteiger partial charge on any atom is -0.439 e. The summed E-state index contributed by atoms with van der Waals surface area (Å²) >= 11 is 0. The van der Waals surface area contributed by atoms with Gasteiger partial charge in [-0.05, 0) is 37.3 Å². The molecule has 0 unspecified atom stereocenters. The van der Waals surface area contributed by atoms with E-state index in [1.54, 1.807) is 41.0 Å². The van der Waals surface area contributed by atoms with E-state index in [4.69, 9.17) is 9.26 Å². The van der Waals surface area contributed by atoms with Crippen LogP contribution in [0.5, 0.6) is 11.6 Å². The lowest BCUT2D eigenvalue weighted by Gasteiger charge is -2.08. The highest BCUT2D eigenvalue weighted by molar-refractivity contribution is 5.98. The van der Waals surface area contributed by atoms with Crippen molar-refractivity contribution in [2.24, 2.45) is 0 Å². The zero-order chi connectivity index (χ0) is 22.1. The highest BCUT2D eigenvalue weighted by Gasteiger charge is 2.12. The highest BCUT2D eigenvalue weighted by Crippen LogP contribution is 2.26. The molecule has 4 aromatic heterocycles. The monoisotopic (exact) mass is 427 g/mol. The van der Waals surface area contributed by atoms with Crippen molar-refractivity contribution >= 4 is 40.0 Å². The van der Waals surface area contributed by atoms with Gasteiger partial charge in [0.25, 0.3) is 5.71 Å². The fourth-order valence-corrected chi connectivity index (χ4v) is 3.11. The molecule has 0 aliphatic heterocycles. The number of rotatable bonds is 6. The topological polar surface area (TPSA) is 119 Å². The first-order chi connectivity index (χ1) is 15.6. The summed E-state index contributed by atoms with van der Waals surface area (Å²) in [6, 6.07) is 14.3. The molecule has 5 aromatic rings. The second-order valence-corrected chi connectivity index (χ2v) is 6.86. The van der Waals surface area contributed by atoms with E-state index in [2.05, 4.69) is 37.4 Å². The Bertz CT molecular complexity index is 1470. The lowest BCUT2D eigenvalue weighted by molar-refractivity contribution is -0.111. The van der Waals surface area contributed by atoms with Crippen LogP contribution in [0.1, 0.15) is 5.69 Å². The summed E-state index contributed by atoms with van der Waals surface area (Å²) in [6.07, 6.45) is 2.83. The standard InChI is InChI=1S/C22H17N7O3/c1-3-19(30)24-14-6-4-7-16(10-14)31-20-9-5-8-18-26-22(27-29(18)20)25-15-11-17-13(2)28-32-21(17)23-12-15/h3-12H,1H2,2H3,(H,24,30)(H,25,27). The van der Waals surface area contributed by atoms with Gasteiger partial charge < -0.3 is 19.9 Å². The summed E-state index contributed by atoms with van der Waals surface area (Å²) in [7, 11) is 0. The SMILES string of the molecule is C=CC(=O)Nc1cccc(Oc2cccc3nc(Nc4cnc5onc(C)c5c4)nn23)c1. The zero-order valence-electron chi connectivity index (χ0n) is 16.9. The average molecular weight is 427 g/mol. The number of amides is 1. The number of aryl methyl sites for hydroxylation is 1. The average Bonchev–Trinajstić information content (AvgIpc) is 3.37. The van der Waals surface area contributed by atoms with Crippen LogP contribution in [-0.2, 0) is 4.79 Å². The fraction of sp³-hybridized carbons (Fsp3) is 0.0455. The molecule has 0 atom stereocenters. The Labute approximate surface area is 181 Å². The number of carbonyl (C=O) groups is 1. The van der Waals surface area contributed by atoms with Gasteiger partial charge in [0.1, 0.15) is 5.75 Å². The van der Waals surface area contributed by atoms with Crippen molar-refractivity contribution in [1.29, 1.82) is 0 Å². The Kier molecular flexibility index (Phi) is 4.71. The molecule has 0 saturated carbocycles. The van der Waals surface area contributed by atoms with E-state index in [1.807, 2.05) is 25.1 Å². The summed E-state index contributed by atoms with van der Waals surface area (Å²) < 4.78 is 12.7. The van der Waals surface area contributed by atoms with Crippen molar-refractivity contribution in [3.8, 4) is 11.6 Å². The van der Waals surface area contributed by atoms with Gasteiger partial charge in [-0.1, -0.05) is 23.9 Å². The molecule has 0 spiro atoms. The van der Waals surface area contributed by atoms with Crippen LogP contribution in [0.15, 0.2) is 71.9 Å². The van der Waals surface area contributed by atoms with Crippen molar-refractivity contribution in [3.63, 3.8) is 0 Å². The second kappa shape index (κ2) is 7.84. The summed E-state index contributed by atoms with van der Waals surface area (Å²) in [5, 5.41) is 15.1. The summed E-state index contributed by atoms with van der Waals surface area (Å²) in [5.41, 5.74) is 3.11. The number of carbonyl (C=O) groups excluding carboxylic acids is 1. The molecule has 5 rings (SSSR count). The molecule has 0 bridgehead atoms. The second-order valence-electron chi connectivity index (χ2n) is 6.86. The quantitative estimate of drug-likeness (QED) is 0.386. The smallest absolute Gasteiger partial charge is 0.258 e. The summed E-state index contributed by atoms with van der Waals surface area (Å²) in [4.78, 5) is 20.3. The number of fused-ring (bicyclic) bond motifs is 2. The van der Waals surface area contributed by atoms with Gasteiger partial charge in [-0.15, -0.1) is 5.10 Å². The maximum Gasteiger partial charge on any atom is 0.258 e. The number of anilines is 3. The van der Waals surface area contributed by atoms with Crippen molar-refractivity contribution in [1.82, 2.24) is 24.7 Å². The Morgan fingerprint density at radius 2 is 2.06 bits per heavy atom. The number of benzene rings is 1. The first-order valence-corrected chi connectivity index (χ1v) is 9.65. The predicted molar refractivity (Wildman–Crippen MR) is 118 cm³/mol. The van der Waals surface area contributed by atoms with Crippen LogP contribution < -0.4 is 15.4 Å². The van der Waals surface area contributed by atoms with Gasteiger partial charge in [0.05, 0.1) is 23.0 Å². The first kappa shape index (κ1) is 19.2. The molecule has 32 heavy (non-hydrogen) atoms. The maximum absolute atomic E-state index is 11.5. The van der Waals surface area contributed by atoms with Crippen molar-refractivity contribution in [2.75, 3.05) is 10.6 Å². The van der Waals surface area contributed by atoms with Gasteiger partial charge in [0, 0.05) is 17.8 Å². The summed E-state index contributed by atoms with van der Waals surface area (Å²) in [5.74, 6) is 1.06. The third-order valence-corrected chi connectivity index (χ3v) is 4.60. The lowest BCUT2D eigenvalue weighted by atomic mass is 10.2. The third-order valence-electron chi connectivity index (χ3n) is 4.60. The Morgan fingerprint density at radius 1 is 1.19 bits per heavy atom. The van der Waals surface area contributed by atoms with Crippen LogP contribution in [0.4, 0.5) is 17.3 Å². The van der Waals surface area contributed by atoms with Crippen LogP contribution in [0.2, 0.25) is 0 Å². The fourth-order valence-electron chi connectivity index (χ4n) is 3.11. The maximum atomic E-state index is 11.5. The van der Waals surface area contributed by atoms with Crippen molar-refractivity contribution in [3.05, 3.63) is 73.1 Å². The number of nitrogens with zero attached hydrogens (tertiary/aromatic N) is 5. The van der Waals surface area contributed by atoms with Crippen molar-refractivity contribution in [2.45, 2.75) is 6.92 Å². The van der Waals surface area contributed by atoms with Crippen LogP contribution in [0.25, 0.3) is 16.7 Å². The molecule has 1 amide bonds. The largest absolute Gasteiger partial charge is 0.439 e. The van der Waals surface area contributed by atoms with E-state index in [1.165, 1.54) is 6.08 Å². The number of aromatic nitrogens is 5. The van der Waals surface area contributed by atoms with Gasteiger partial charge >= 0.3 is 0 Å². The molecule has 10 heteroatoms. The zero-order valence-corrected chi connectivity index (χ0v) is 16.9. The first-order valence-electron chi connectivity index (χ1n) is 9.65. The van der Waals surface area contributed by atoms with E-state index in [9.17, 15) is 4.79 Å². The number of ether oxygens (including phenoxy) is 1. The Balaban J connectivity index is 1.42. The van der Waals surface area contributed by atoms with Crippen molar-refractivity contribution < 1.29 is 14.1 Å². The molecular weight excluding hydrogens is 410 g/mol. The predicted octanol–water partition coefficient (Wildman–Crippen LogP) is 4.23. The van der Waals surface area contributed by atoms with E-state index in [0.717, 1.165) is 11.1 Å². The molecule has 0 fully saturated rings. The van der Waals surface area contributed by atoms with Crippen LogP contribution >= 0.6 is 0 Å². The minimum absolute atomic E-state index is 0.301. The number of pyridine rings is 2. The molecule has 4 heterocycles. The molecule has 158 valence electrons. The van der Waals surface area contributed by atoms with Gasteiger partial charge in [0.2, 0.25) is 17.7 Å². The van der Waals surface area contributed by atoms with Crippen LogP contribution in [0.3, 0.4) is 0 Å². The number of hydrogen-bond donors (Lipinski definition) is 2. The Morgan fingerprint density at radius 3 is 2.94 bits per heavy atom. The van der Waals surface area contributed by atoms with Gasteiger partial charge in [-0.25, -0.2) is 4.98 Å². The Hall–Kier alpha value is -4.73. The molecular formula is C22H17N7O3. The lowest BCUT2D eigenvalue weighted by Crippen LogP contribution is -2.07. The van der Waals surface area contributed by atoms with E-state index < -0.39 is 0 Å². The number of nitrogens with one attached hydrogen (secondary N) is 2. The number of hydrogen-bond acceptors (Lipinski definition) is 8. The normalized spacial score (nSPS) is 10.9. The van der Waals surface area contributed by atoms with E-state index in [0.29, 0.717) is 40.3 Å². The van der Waals surface area contributed by atoms with E-state index in [-0.39, 0.29) is 5.91 Å². The molecule has 0 radical (unpaired) electrons. The molecule has 10 nitrogen and oxygen atoms in total. The van der Waals surface area contributed by atoms with Crippen LogP contribution in [0, 0.1) is 6.92 Å². The van der Waals surface area contributed by atoms with Gasteiger partial charge in [-0.2, -0.15) is 9.50 Å². The molecule has 0 saturated heterocycles. The van der Waals surface area contributed by atoms with Gasteiger partial charge in [-0.3, -0.25) is 4.79 Å². The summed E-state index contributed by atoms with van der Waals surface area (Å²) in [6.45, 7) is 5.30. The minimum atomic E-state index is -0.301. The third kappa shape index (κ3) is 3.72. The molecule has 0 aliphatic carbocycles. The van der Waals surface area contributed by atoms with Crippen LogP contribution in [-0.4, -0.2) is 30.6 Å². The van der Waals surface area contributed by atoms with Gasteiger partial charge in [0.15, 0.2) is 5.65 Å². The molecule has 0 aliphatic rings. The molecule has 1 aromatic carbocycles. The highest BCUT2D eigenvalue weighted by atomic mass is 16.5. The molecule has 2 N–H and O–H groups in total. The van der Waals surface area contributed by atoms with E-state index >= 15 is 0 Å².